The molecule has 0 unspecified atom stereocenters. The van der Waals surface area contributed by atoms with E-state index < -0.39 is 11.7 Å². The molecular formula is C10H11ClF3N. The highest BCUT2D eigenvalue weighted by atomic mass is 35.5. The van der Waals surface area contributed by atoms with Gasteiger partial charge in [-0.1, -0.05) is 24.6 Å². The fourth-order valence-electron chi connectivity index (χ4n) is 1.56. The van der Waals surface area contributed by atoms with Gasteiger partial charge in [-0.05, 0) is 23.6 Å². The van der Waals surface area contributed by atoms with Gasteiger partial charge in [0.2, 0.25) is 0 Å². The molecule has 0 aliphatic rings. The number of alkyl halides is 3. The molecule has 0 amide bonds. The molecule has 0 atom stereocenters. The van der Waals surface area contributed by atoms with E-state index in [0.717, 1.165) is 0 Å². The number of nitrogens with two attached hydrogens (primary N) is 1. The van der Waals surface area contributed by atoms with E-state index in [9.17, 15) is 13.2 Å². The first-order valence-electron chi connectivity index (χ1n) is 4.49. The third-order valence-electron chi connectivity index (χ3n) is 2.22. The van der Waals surface area contributed by atoms with Crippen LogP contribution in [0, 0.1) is 0 Å². The van der Waals surface area contributed by atoms with E-state index in [4.69, 9.17) is 17.3 Å². The maximum Gasteiger partial charge on any atom is 0.418 e. The zero-order valence-electron chi connectivity index (χ0n) is 8.16. The fraction of sp³-hybridized carbons (Fsp3) is 0.400. The largest absolute Gasteiger partial charge is 0.418 e. The number of hydrogen-bond acceptors (Lipinski definition) is 1. The minimum absolute atomic E-state index is 0.0867. The predicted molar refractivity (Wildman–Crippen MR) is 53.7 cm³/mol. The van der Waals surface area contributed by atoms with Gasteiger partial charge in [-0.2, -0.15) is 13.2 Å². The lowest BCUT2D eigenvalue weighted by Gasteiger charge is -2.16. The van der Waals surface area contributed by atoms with Crippen molar-refractivity contribution < 1.29 is 13.2 Å². The zero-order chi connectivity index (χ0) is 11.6. The van der Waals surface area contributed by atoms with E-state index in [0.29, 0.717) is 5.56 Å². The van der Waals surface area contributed by atoms with Crippen LogP contribution in [0.1, 0.15) is 23.6 Å². The van der Waals surface area contributed by atoms with Crippen LogP contribution in [0.15, 0.2) is 12.1 Å². The SMILES string of the molecule is CCc1c(CN)ccc(Cl)c1C(F)(F)F. The van der Waals surface area contributed by atoms with Crippen molar-refractivity contribution in [1.29, 1.82) is 0 Å². The Balaban J connectivity index is 3.46. The van der Waals surface area contributed by atoms with Crippen molar-refractivity contribution in [3.8, 4) is 0 Å². The van der Waals surface area contributed by atoms with Crippen LogP contribution in [0.25, 0.3) is 0 Å². The summed E-state index contributed by atoms with van der Waals surface area (Å²) in [6, 6.07) is 2.78. The molecule has 1 nitrogen and oxygen atoms in total. The topological polar surface area (TPSA) is 26.0 Å². The molecule has 0 spiro atoms. The van der Waals surface area contributed by atoms with E-state index in [1.165, 1.54) is 12.1 Å². The van der Waals surface area contributed by atoms with Gasteiger partial charge < -0.3 is 5.73 Å². The van der Waals surface area contributed by atoms with Gasteiger partial charge >= 0.3 is 6.18 Å². The Morgan fingerprint density at radius 3 is 2.33 bits per heavy atom. The summed E-state index contributed by atoms with van der Waals surface area (Å²) in [4.78, 5) is 0. The summed E-state index contributed by atoms with van der Waals surface area (Å²) >= 11 is 5.56. The van der Waals surface area contributed by atoms with E-state index >= 15 is 0 Å². The first-order chi connectivity index (χ1) is 6.91. The molecule has 84 valence electrons. The molecule has 0 fully saturated rings. The quantitative estimate of drug-likeness (QED) is 0.839. The zero-order valence-corrected chi connectivity index (χ0v) is 8.91. The summed E-state index contributed by atoms with van der Waals surface area (Å²) in [5.41, 5.74) is 5.31. The van der Waals surface area contributed by atoms with Crippen LogP contribution in [0.3, 0.4) is 0 Å². The molecule has 0 aliphatic carbocycles. The van der Waals surface area contributed by atoms with Crippen LogP contribution in [0.5, 0.6) is 0 Å². The molecule has 5 heteroatoms. The number of benzene rings is 1. The molecule has 1 rings (SSSR count). The van der Waals surface area contributed by atoms with Gasteiger partial charge in [-0.15, -0.1) is 0 Å². The smallest absolute Gasteiger partial charge is 0.326 e. The fourth-order valence-corrected chi connectivity index (χ4v) is 1.85. The van der Waals surface area contributed by atoms with Crippen molar-refractivity contribution in [2.24, 2.45) is 5.73 Å². The lowest BCUT2D eigenvalue weighted by Crippen LogP contribution is -2.13. The monoisotopic (exact) mass is 237 g/mol. The molecule has 0 saturated heterocycles. The standard InChI is InChI=1S/C10H11ClF3N/c1-2-7-6(5-15)3-4-8(11)9(7)10(12,13)14/h3-4H,2,5,15H2,1H3. The Morgan fingerprint density at radius 2 is 1.93 bits per heavy atom. The Labute approximate surface area is 91.0 Å². The number of halogens is 4. The van der Waals surface area contributed by atoms with E-state index in [-0.39, 0.29) is 23.6 Å². The van der Waals surface area contributed by atoms with E-state index in [2.05, 4.69) is 0 Å². The van der Waals surface area contributed by atoms with Crippen molar-refractivity contribution in [3.05, 3.63) is 33.8 Å². The van der Waals surface area contributed by atoms with Crippen molar-refractivity contribution >= 4 is 11.6 Å². The third-order valence-corrected chi connectivity index (χ3v) is 2.53. The minimum Gasteiger partial charge on any atom is -0.326 e. The summed E-state index contributed by atoms with van der Waals surface area (Å²) in [5.74, 6) is 0. The lowest BCUT2D eigenvalue weighted by atomic mass is 9.98. The van der Waals surface area contributed by atoms with Gasteiger partial charge in [0.1, 0.15) is 0 Å². The molecular weight excluding hydrogens is 227 g/mol. The molecule has 0 saturated carbocycles. The Hall–Kier alpha value is -0.740. The maximum absolute atomic E-state index is 12.7. The molecule has 0 heterocycles. The molecule has 0 aliphatic heterocycles. The van der Waals surface area contributed by atoms with E-state index in [1.54, 1.807) is 6.92 Å². The van der Waals surface area contributed by atoms with Crippen molar-refractivity contribution in [1.82, 2.24) is 0 Å². The Kier molecular flexibility index (Phi) is 3.62. The summed E-state index contributed by atoms with van der Waals surface area (Å²) in [6.07, 6.45) is -4.16. The second-order valence-electron chi connectivity index (χ2n) is 3.12. The maximum atomic E-state index is 12.7. The van der Waals surface area contributed by atoms with Crippen LogP contribution < -0.4 is 5.73 Å². The first-order valence-corrected chi connectivity index (χ1v) is 4.87. The second kappa shape index (κ2) is 4.41. The molecule has 0 radical (unpaired) electrons. The third kappa shape index (κ3) is 2.44. The summed E-state index contributed by atoms with van der Waals surface area (Å²) in [5, 5.41) is -0.267. The number of hydrogen-bond donors (Lipinski definition) is 1. The van der Waals surface area contributed by atoms with Gasteiger partial charge in [-0.25, -0.2) is 0 Å². The van der Waals surface area contributed by atoms with Crippen molar-refractivity contribution in [2.75, 3.05) is 0 Å². The lowest BCUT2D eigenvalue weighted by molar-refractivity contribution is -0.138. The van der Waals surface area contributed by atoms with Crippen LogP contribution in [-0.4, -0.2) is 0 Å². The molecule has 2 N–H and O–H groups in total. The summed E-state index contributed by atoms with van der Waals surface area (Å²) in [7, 11) is 0. The molecule has 15 heavy (non-hydrogen) atoms. The average molecular weight is 238 g/mol. The molecule has 1 aromatic rings. The van der Waals surface area contributed by atoms with Gasteiger partial charge in [0.25, 0.3) is 0 Å². The molecule has 0 aromatic heterocycles. The van der Waals surface area contributed by atoms with Crippen LogP contribution in [0.4, 0.5) is 13.2 Å². The van der Waals surface area contributed by atoms with Crippen molar-refractivity contribution in [2.45, 2.75) is 26.1 Å². The van der Waals surface area contributed by atoms with Crippen LogP contribution in [0.2, 0.25) is 5.02 Å². The average Bonchev–Trinajstić information content (AvgIpc) is 2.15. The first kappa shape index (κ1) is 12.3. The normalized spacial score (nSPS) is 11.9. The van der Waals surface area contributed by atoms with Crippen molar-refractivity contribution in [3.63, 3.8) is 0 Å². The highest BCUT2D eigenvalue weighted by molar-refractivity contribution is 6.31. The van der Waals surface area contributed by atoms with E-state index in [1.807, 2.05) is 0 Å². The minimum atomic E-state index is -4.42. The Morgan fingerprint density at radius 1 is 1.33 bits per heavy atom. The van der Waals surface area contributed by atoms with Gasteiger partial charge in [0.15, 0.2) is 0 Å². The van der Waals surface area contributed by atoms with Crippen LogP contribution >= 0.6 is 11.6 Å². The predicted octanol–water partition coefficient (Wildman–Crippen LogP) is 3.38. The molecule has 0 bridgehead atoms. The van der Waals surface area contributed by atoms with Gasteiger partial charge in [0, 0.05) is 6.54 Å². The Bertz CT molecular complexity index is 360. The second-order valence-corrected chi connectivity index (χ2v) is 3.52. The highest BCUT2D eigenvalue weighted by Crippen LogP contribution is 2.38. The number of rotatable bonds is 2. The highest BCUT2D eigenvalue weighted by Gasteiger charge is 2.36. The molecule has 1 aromatic carbocycles. The summed E-state index contributed by atoms with van der Waals surface area (Å²) in [6.45, 7) is 1.74. The van der Waals surface area contributed by atoms with Crippen LogP contribution in [-0.2, 0) is 19.1 Å². The van der Waals surface area contributed by atoms with Gasteiger partial charge in [-0.3, -0.25) is 0 Å². The van der Waals surface area contributed by atoms with Gasteiger partial charge in [0.05, 0.1) is 10.6 Å². The summed E-state index contributed by atoms with van der Waals surface area (Å²) < 4.78 is 38.1.